The van der Waals surface area contributed by atoms with Crippen LogP contribution in [0.1, 0.15) is 63.4 Å². The molecule has 3 amide bonds. The number of benzene rings is 3. The molecule has 0 spiro atoms. The van der Waals surface area contributed by atoms with E-state index in [0.29, 0.717) is 45.5 Å². The van der Waals surface area contributed by atoms with Gasteiger partial charge in [0.15, 0.2) is 0 Å². The van der Waals surface area contributed by atoms with Crippen molar-refractivity contribution in [2.45, 2.75) is 49.7 Å². The highest BCUT2D eigenvalue weighted by molar-refractivity contribution is 8.00. The second kappa shape index (κ2) is 16.5. The lowest BCUT2D eigenvalue weighted by Gasteiger charge is -2.18. The molecule has 2 unspecified atom stereocenters. The second-order valence-corrected chi connectivity index (χ2v) is 14.1. The maximum atomic E-state index is 13.6. The summed E-state index contributed by atoms with van der Waals surface area (Å²) in [5.74, 6) is -0.484. The van der Waals surface area contributed by atoms with E-state index >= 15 is 0 Å². The second-order valence-electron chi connectivity index (χ2n) is 11.7. The lowest BCUT2D eigenvalue weighted by molar-refractivity contribution is -0.116. The van der Waals surface area contributed by atoms with E-state index in [9.17, 15) is 19.2 Å². The first kappa shape index (κ1) is 35.4. The highest BCUT2D eigenvalue weighted by atomic mass is 32.2. The Balaban J connectivity index is 1.32. The van der Waals surface area contributed by atoms with Crippen LogP contribution in [-0.2, 0) is 27.2 Å². The van der Waals surface area contributed by atoms with E-state index in [-0.39, 0.29) is 11.6 Å². The number of hydrogen-bond donors (Lipinski definition) is 3. The normalized spacial score (nSPS) is 14.6. The van der Waals surface area contributed by atoms with Crippen molar-refractivity contribution in [2.75, 3.05) is 24.9 Å². The first-order chi connectivity index (χ1) is 23.7. The molecule has 1 aliphatic rings. The monoisotopic (exact) mass is 697 g/mol. The van der Waals surface area contributed by atoms with Gasteiger partial charge in [0.1, 0.15) is 16.4 Å². The Kier molecular flexibility index (Phi) is 11.9. The fourth-order valence-electron chi connectivity index (χ4n) is 5.52. The SMILES string of the molecule is CCC(Sc1cccc(NC(=O)/C(=C/c2cccc(OC)c2)NC(=O)c2ccccc2)c1)C(=O)Nc1sc2c(c1C(=O)OC)CCC(C)C2. The summed E-state index contributed by atoms with van der Waals surface area (Å²) in [6, 6.07) is 23.0. The van der Waals surface area contributed by atoms with Gasteiger partial charge in [0.05, 0.1) is 25.0 Å². The molecule has 0 radical (unpaired) electrons. The zero-order chi connectivity index (χ0) is 34.9. The molecule has 11 heteroatoms. The predicted molar refractivity (Wildman–Crippen MR) is 195 cm³/mol. The van der Waals surface area contributed by atoms with Gasteiger partial charge in [-0.2, -0.15) is 0 Å². The number of thioether (sulfide) groups is 1. The summed E-state index contributed by atoms with van der Waals surface area (Å²) >= 11 is 2.82. The third-order valence-electron chi connectivity index (χ3n) is 8.11. The van der Waals surface area contributed by atoms with Crippen LogP contribution in [0.4, 0.5) is 10.7 Å². The number of esters is 1. The third kappa shape index (κ3) is 8.98. The van der Waals surface area contributed by atoms with Gasteiger partial charge >= 0.3 is 5.97 Å². The average molecular weight is 698 g/mol. The molecule has 3 aromatic carbocycles. The topological polar surface area (TPSA) is 123 Å². The fraction of sp³-hybridized carbons (Fsp3) is 0.263. The van der Waals surface area contributed by atoms with E-state index in [1.54, 1.807) is 79.9 Å². The minimum absolute atomic E-state index is 0.0421. The minimum atomic E-state index is -0.523. The van der Waals surface area contributed by atoms with E-state index in [0.717, 1.165) is 34.6 Å². The van der Waals surface area contributed by atoms with Gasteiger partial charge in [-0.25, -0.2) is 4.79 Å². The van der Waals surface area contributed by atoms with Gasteiger partial charge in [0.25, 0.3) is 11.8 Å². The summed E-state index contributed by atoms with van der Waals surface area (Å²) < 4.78 is 10.4. The van der Waals surface area contributed by atoms with Gasteiger partial charge in [0, 0.05) is 21.0 Å². The Morgan fingerprint density at radius 3 is 2.49 bits per heavy atom. The summed E-state index contributed by atoms with van der Waals surface area (Å²) in [7, 11) is 2.91. The number of ether oxygens (including phenoxy) is 2. The molecule has 0 bridgehead atoms. The molecule has 0 aliphatic heterocycles. The standard InChI is InChI=1S/C38H39N3O6S2/c1-5-31(36(44)41-37-33(38(45)47-4)29-18-17-23(2)19-32(29)49-37)48-28-16-10-14-26(22-28)39-35(43)30(21-24-11-9-15-27(20-24)46-3)40-34(42)25-12-7-6-8-13-25/h6-16,20-23,31H,5,17-19H2,1-4H3,(H,39,43)(H,40,42)(H,41,44)/b30-21-. The molecule has 254 valence electrons. The van der Waals surface area contributed by atoms with Gasteiger partial charge in [-0.05, 0) is 91.3 Å². The van der Waals surface area contributed by atoms with E-state index < -0.39 is 23.0 Å². The van der Waals surface area contributed by atoms with Crippen LogP contribution < -0.4 is 20.7 Å². The molecule has 9 nitrogen and oxygen atoms in total. The van der Waals surface area contributed by atoms with Gasteiger partial charge in [-0.1, -0.05) is 50.2 Å². The van der Waals surface area contributed by atoms with Crippen LogP contribution in [0.15, 0.2) is 89.5 Å². The number of methoxy groups -OCH3 is 2. The number of anilines is 2. The third-order valence-corrected chi connectivity index (χ3v) is 10.6. The van der Waals surface area contributed by atoms with Crippen LogP contribution in [0.25, 0.3) is 6.08 Å². The summed E-state index contributed by atoms with van der Waals surface area (Å²) in [6.07, 6.45) is 4.75. The van der Waals surface area contributed by atoms with Crippen molar-refractivity contribution in [1.29, 1.82) is 0 Å². The van der Waals surface area contributed by atoms with Crippen LogP contribution in [0.2, 0.25) is 0 Å². The van der Waals surface area contributed by atoms with E-state index in [2.05, 4.69) is 22.9 Å². The van der Waals surface area contributed by atoms with Crippen molar-refractivity contribution >= 4 is 63.6 Å². The van der Waals surface area contributed by atoms with Crippen LogP contribution in [0.5, 0.6) is 5.75 Å². The number of nitrogens with one attached hydrogen (secondary N) is 3. The zero-order valence-electron chi connectivity index (χ0n) is 27.8. The molecule has 0 saturated heterocycles. The number of carbonyl (C=O) groups is 4. The quantitative estimate of drug-likeness (QED) is 0.0792. The van der Waals surface area contributed by atoms with Gasteiger partial charge < -0.3 is 25.4 Å². The van der Waals surface area contributed by atoms with Crippen molar-refractivity contribution < 1.29 is 28.7 Å². The van der Waals surface area contributed by atoms with Crippen molar-refractivity contribution in [3.05, 3.63) is 112 Å². The van der Waals surface area contributed by atoms with Gasteiger partial charge in [-0.15, -0.1) is 23.1 Å². The van der Waals surface area contributed by atoms with Gasteiger partial charge in [0.2, 0.25) is 5.91 Å². The summed E-state index contributed by atoms with van der Waals surface area (Å²) in [6.45, 7) is 4.12. The lowest BCUT2D eigenvalue weighted by atomic mass is 9.88. The number of fused-ring (bicyclic) bond motifs is 1. The Bertz CT molecular complexity index is 1870. The Hall–Kier alpha value is -4.87. The maximum absolute atomic E-state index is 13.6. The molecular formula is C38H39N3O6S2. The van der Waals surface area contributed by atoms with E-state index in [4.69, 9.17) is 9.47 Å². The van der Waals surface area contributed by atoms with Crippen LogP contribution in [0.3, 0.4) is 0 Å². The molecule has 1 heterocycles. The van der Waals surface area contributed by atoms with Crippen LogP contribution in [-0.4, -0.2) is 43.2 Å². The Labute approximate surface area is 294 Å². The van der Waals surface area contributed by atoms with E-state index in [1.807, 2.05) is 19.1 Å². The molecule has 49 heavy (non-hydrogen) atoms. The summed E-state index contributed by atoms with van der Waals surface area (Å²) in [4.78, 5) is 54.9. The molecular weight excluding hydrogens is 659 g/mol. The Morgan fingerprint density at radius 2 is 1.76 bits per heavy atom. The number of hydrogen-bond acceptors (Lipinski definition) is 8. The molecule has 0 fully saturated rings. The molecule has 2 atom stereocenters. The minimum Gasteiger partial charge on any atom is -0.497 e. The fourth-order valence-corrected chi connectivity index (χ4v) is 7.94. The number of carbonyl (C=O) groups excluding carboxylic acids is 4. The number of amides is 3. The highest BCUT2D eigenvalue weighted by Crippen LogP contribution is 2.40. The van der Waals surface area contributed by atoms with Crippen molar-refractivity contribution in [2.24, 2.45) is 5.92 Å². The lowest BCUT2D eigenvalue weighted by Crippen LogP contribution is -2.30. The molecule has 3 N–H and O–H groups in total. The summed E-state index contributed by atoms with van der Waals surface area (Å²) in [5, 5.41) is 8.73. The Morgan fingerprint density at radius 1 is 0.980 bits per heavy atom. The highest BCUT2D eigenvalue weighted by Gasteiger charge is 2.30. The van der Waals surface area contributed by atoms with Crippen molar-refractivity contribution in [3.8, 4) is 5.75 Å². The van der Waals surface area contributed by atoms with Crippen molar-refractivity contribution in [3.63, 3.8) is 0 Å². The summed E-state index contributed by atoms with van der Waals surface area (Å²) in [5.41, 5.74) is 3.04. The first-order valence-corrected chi connectivity index (χ1v) is 17.7. The molecule has 1 aromatic heterocycles. The molecule has 1 aliphatic carbocycles. The molecule has 5 rings (SSSR count). The number of rotatable bonds is 12. The number of thiophene rings is 1. The van der Waals surface area contributed by atoms with Crippen molar-refractivity contribution in [1.82, 2.24) is 5.32 Å². The average Bonchev–Trinajstić information content (AvgIpc) is 3.46. The van der Waals surface area contributed by atoms with Crippen LogP contribution in [0, 0.1) is 5.92 Å². The van der Waals surface area contributed by atoms with E-state index in [1.165, 1.54) is 30.2 Å². The predicted octanol–water partition coefficient (Wildman–Crippen LogP) is 7.59. The molecule has 4 aromatic rings. The maximum Gasteiger partial charge on any atom is 0.341 e. The van der Waals surface area contributed by atoms with Crippen LogP contribution >= 0.6 is 23.1 Å². The largest absolute Gasteiger partial charge is 0.497 e. The first-order valence-electron chi connectivity index (χ1n) is 16.0. The van der Waals surface area contributed by atoms with Gasteiger partial charge in [-0.3, -0.25) is 14.4 Å². The molecule has 0 saturated carbocycles. The smallest absolute Gasteiger partial charge is 0.341 e. The zero-order valence-corrected chi connectivity index (χ0v) is 29.5.